The van der Waals surface area contributed by atoms with Gasteiger partial charge in [0.2, 0.25) is 5.91 Å². The standard InChI is InChI=1S/C24H19N3O5S/c1-15-5-2-7-17(11-15)25-21(28)14-27-22(29)20(33-24(27)32)13-19-9-4-10-26(19)18-8-3-6-16(12-18)23(30)31/h2-13H,14H2,1H3,(H,25,28)(H,30,31)/p-1/b20-13-. The predicted octanol–water partition coefficient (Wildman–Crippen LogP) is 2.82. The third-order valence-electron chi connectivity index (χ3n) is 4.90. The van der Waals surface area contributed by atoms with Crippen LogP contribution in [-0.2, 0) is 9.59 Å². The number of carbonyl (C=O) groups is 4. The first-order valence-electron chi connectivity index (χ1n) is 9.93. The number of carboxylic acid groups (broad SMARTS) is 1. The van der Waals surface area contributed by atoms with Crippen LogP contribution in [0.3, 0.4) is 0 Å². The minimum absolute atomic E-state index is 0.0205. The van der Waals surface area contributed by atoms with Gasteiger partial charge in [-0.05, 0) is 72.3 Å². The summed E-state index contributed by atoms with van der Waals surface area (Å²) in [5, 5.41) is 13.3. The van der Waals surface area contributed by atoms with Crippen molar-refractivity contribution in [2.75, 3.05) is 11.9 Å². The fraction of sp³-hybridized carbons (Fsp3) is 0.0833. The predicted molar refractivity (Wildman–Crippen MR) is 123 cm³/mol. The highest BCUT2D eigenvalue weighted by Gasteiger charge is 2.36. The molecular formula is C24H18N3O5S-. The Morgan fingerprint density at radius 2 is 1.85 bits per heavy atom. The molecule has 8 nitrogen and oxygen atoms in total. The number of aryl methyl sites for hydroxylation is 1. The number of hydrogen-bond acceptors (Lipinski definition) is 6. The average Bonchev–Trinajstić information content (AvgIpc) is 3.34. The molecule has 0 spiro atoms. The van der Waals surface area contributed by atoms with Crippen LogP contribution in [0.15, 0.2) is 71.8 Å². The number of rotatable bonds is 6. The number of carboxylic acids is 1. The SMILES string of the molecule is Cc1cccc(NC(=O)CN2C(=O)S/C(=C\c3cccn3-c3cccc(C(=O)[O-])c3)C2=O)c1. The molecular weight excluding hydrogens is 442 g/mol. The van der Waals surface area contributed by atoms with E-state index in [0.29, 0.717) is 17.1 Å². The molecule has 1 saturated heterocycles. The zero-order valence-corrected chi connectivity index (χ0v) is 18.3. The van der Waals surface area contributed by atoms with E-state index in [1.165, 1.54) is 18.2 Å². The second-order valence-electron chi connectivity index (χ2n) is 7.33. The highest BCUT2D eigenvalue weighted by molar-refractivity contribution is 8.18. The van der Waals surface area contributed by atoms with E-state index in [0.717, 1.165) is 22.2 Å². The minimum atomic E-state index is -1.30. The number of thioether (sulfide) groups is 1. The molecule has 33 heavy (non-hydrogen) atoms. The molecule has 0 unspecified atom stereocenters. The van der Waals surface area contributed by atoms with Crippen molar-refractivity contribution in [3.8, 4) is 5.69 Å². The summed E-state index contributed by atoms with van der Waals surface area (Å²) in [5.74, 6) is -2.34. The van der Waals surface area contributed by atoms with Gasteiger partial charge in [0.05, 0.1) is 10.9 Å². The third kappa shape index (κ3) is 4.88. The van der Waals surface area contributed by atoms with E-state index in [1.807, 2.05) is 13.0 Å². The fourth-order valence-electron chi connectivity index (χ4n) is 3.37. The quantitative estimate of drug-likeness (QED) is 0.566. The van der Waals surface area contributed by atoms with E-state index in [1.54, 1.807) is 53.2 Å². The van der Waals surface area contributed by atoms with Crippen molar-refractivity contribution in [3.05, 3.63) is 88.6 Å². The van der Waals surface area contributed by atoms with Gasteiger partial charge in [-0.1, -0.05) is 24.3 Å². The maximum Gasteiger partial charge on any atom is 0.294 e. The van der Waals surface area contributed by atoms with Gasteiger partial charge in [-0.2, -0.15) is 0 Å². The van der Waals surface area contributed by atoms with Crippen LogP contribution in [0.4, 0.5) is 10.5 Å². The van der Waals surface area contributed by atoms with Crippen LogP contribution in [0, 0.1) is 6.92 Å². The number of hydrogen-bond donors (Lipinski definition) is 1. The molecule has 1 N–H and O–H groups in total. The summed E-state index contributed by atoms with van der Waals surface area (Å²) in [6.45, 7) is 1.49. The molecule has 3 amide bonds. The van der Waals surface area contributed by atoms with E-state index >= 15 is 0 Å². The molecule has 9 heteroatoms. The van der Waals surface area contributed by atoms with Crippen molar-refractivity contribution < 1.29 is 24.3 Å². The molecule has 4 rings (SSSR count). The van der Waals surface area contributed by atoms with E-state index in [4.69, 9.17) is 0 Å². The number of nitrogens with zero attached hydrogens (tertiary/aromatic N) is 2. The number of anilines is 1. The van der Waals surface area contributed by atoms with Gasteiger partial charge in [0.25, 0.3) is 11.1 Å². The van der Waals surface area contributed by atoms with Crippen LogP contribution in [0.2, 0.25) is 0 Å². The summed E-state index contributed by atoms with van der Waals surface area (Å²) in [6, 6.07) is 16.8. The number of carbonyl (C=O) groups excluding carboxylic acids is 4. The van der Waals surface area contributed by atoms with Crippen molar-refractivity contribution in [1.82, 2.24) is 9.47 Å². The van der Waals surface area contributed by atoms with Gasteiger partial charge in [-0.15, -0.1) is 0 Å². The Morgan fingerprint density at radius 1 is 1.06 bits per heavy atom. The Morgan fingerprint density at radius 3 is 2.61 bits per heavy atom. The van der Waals surface area contributed by atoms with E-state index in [9.17, 15) is 24.3 Å². The molecule has 0 radical (unpaired) electrons. The molecule has 1 aromatic heterocycles. The molecule has 1 aliphatic heterocycles. The van der Waals surface area contributed by atoms with Crippen molar-refractivity contribution in [3.63, 3.8) is 0 Å². The Labute approximate surface area is 193 Å². The van der Waals surface area contributed by atoms with Crippen LogP contribution >= 0.6 is 11.8 Å². The average molecular weight is 460 g/mol. The van der Waals surface area contributed by atoms with Crippen LogP contribution in [-0.4, -0.2) is 39.0 Å². The molecule has 1 aliphatic rings. The number of nitrogens with one attached hydrogen (secondary N) is 1. The van der Waals surface area contributed by atoms with Gasteiger partial charge in [0.15, 0.2) is 0 Å². The van der Waals surface area contributed by atoms with Crippen molar-refractivity contribution >= 4 is 46.5 Å². The van der Waals surface area contributed by atoms with Crippen molar-refractivity contribution in [2.45, 2.75) is 6.92 Å². The second-order valence-corrected chi connectivity index (χ2v) is 8.32. The lowest BCUT2D eigenvalue weighted by Crippen LogP contribution is -2.36. The van der Waals surface area contributed by atoms with E-state index in [2.05, 4.69) is 5.32 Å². The van der Waals surface area contributed by atoms with Crippen molar-refractivity contribution in [1.29, 1.82) is 0 Å². The van der Waals surface area contributed by atoms with Crippen LogP contribution in [0.1, 0.15) is 21.6 Å². The summed E-state index contributed by atoms with van der Waals surface area (Å²) >= 11 is 0.744. The molecule has 2 aromatic carbocycles. The molecule has 0 atom stereocenters. The highest BCUT2D eigenvalue weighted by Crippen LogP contribution is 2.32. The molecule has 0 aliphatic carbocycles. The maximum absolute atomic E-state index is 12.8. The smallest absolute Gasteiger partial charge is 0.294 e. The number of amides is 3. The van der Waals surface area contributed by atoms with Crippen molar-refractivity contribution in [2.24, 2.45) is 0 Å². The van der Waals surface area contributed by atoms with Gasteiger partial charge in [0.1, 0.15) is 6.54 Å². The Balaban J connectivity index is 1.52. The van der Waals surface area contributed by atoms with Gasteiger partial charge in [0, 0.05) is 23.3 Å². The topological polar surface area (TPSA) is 112 Å². The number of aromatic carboxylic acids is 1. The van der Waals surface area contributed by atoms with Gasteiger partial charge in [-0.3, -0.25) is 19.3 Å². The number of aromatic nitrogens is 1. The number of benzene rings is 2. The largest absolute Gasteiger partial charge is 0.545 e. The first kappa shape index (κ1) is 22.1. The molecule has 0 saturated carbocycles. The minimum Gasteiger partial charge on any atom is -0.545 e. The lowest BCUT2D eigenvalue weighted by Gasteiger charge is -2.13. The van der Waals surface area contributed by atoms with Gasteiger partial charge < -0.3 is 19.8 Å². The van der Waals surface area contributed by atoms with Crippen LogP contribution in [0.5, 0.6) is 0 Å². The molecule has 3 aromatic rings. The summed E-state index contributed by atoms with van der Waals surface area (Å²) in [6.07, 6.45) is 3.24. The Bertz CT molecular complexity index is 1310. The number of imide groups is 1. The summed E-state index contributed by atoms with van der Waals surface area (Å²) < 4.78 is 1.69. The Hall–Kier alpha value is -4.11. The first-order valence-corrected chi connectivity index (χ1v) is 10.7. The van der Waals surface area contributed by atoms with Gasteiger partial charge in [-0.25, -0.2) is 0 Å². The first-order chi connectivity index (χ1) is 15.8. The normalized spacial score (nSPS) is 14.7. The lowest BCUT2D eigenvalue weighted by molar-refractivity contribution is -0.255. The zero-order chi connectivity index (χ0) is 23.5. The molecule has 0 bridgehead atoms. The molecule has 1 fully saturated rings. The zero-order valence-electron chi connectivity index (χ0n) is 17.5. The fourth-order valence-corrected chi connectivity index (χ4v) is 4.19. The molecule has 2 heterocycles. The Kier molecular flexibility index (Phi) is 6.14. The van der Waals surface area contributed by atoms with Crippen LogP contribution in [0.25, 0.3) is 11.8 Å². The third-order valence-corrected chi connectivity index (χ3v) is 5.80. The maximum atomic E-state index is 12.8. The monoisotopic (exact) mass is 460 g/mol. The van der Waals surface area contributed by atoms with Crippen LogP contribution < -0.4 is 10.4 Å². The summed E-state index contributed by atoms with van der Waals surface area (Å²) in [5.41, 5.74) is 2.70. The second kappa shape index (κ2) is 9.17. The highest BCUT2D eigenvalue weighted by atomic mass is 32.2. The summed E-state index contributed by atoms with van der Waals surface area (Å²) in [4.78, 5) is 49.8. The van der Waals surface area contributed by atoms with Gasteiger partial charge >= 0.3 is 0 Å². The summed E-state index contributed by atoms with van der Waals surface area (Å²) in [7, 11) is 0. The van der Waals surface area contributed by atoms with E-state index in [-0.39, 0.29) is 10.5 Å². The van der Waals surface area contributed by atoms with E-state index < -0.39 is 29.6 Å². The molecule has 166 valence electrons. The lowest BCUT2D eigenvalue weighted by atomic mass is 10.2.